The van der Waals surface area contributed by atoms with E-state index in [1.807, 2.05) is 19.9 Å². The van der Waals surface area contributed by atoms with Crippen LogP contribution in [0.2, 0.25) is 0 Å². The molecule has 1 aromatic rings. The van der Waals surface area contributed by atoms with Crippen molar-refractivity contribution in [1.29, 1.82) is 0 Å². The summed E-state index contributed by atoms with van der Waals surface area (Å²) in [5.74, 6) is -0.311. The van der Waals surface area contributed by atoms with Gasteiger partial charge in [0.25, 0.3) is 0 Å². The molecular weight excluding hydrogens is 271 g/mol. The van der Waals surface area contributed by atoms with E-state index >= 15 is 0 Å². The third kappa shape index (κ3) is 5.01. The van der Waals surface area contributed by atoms with E-state index < -0.39 is 17.1 Å². The fourth-order valence-electron chi connectivity index (χ4n) is 1.97. The number of amides is 1. The maximum absolute atomic E-state index is 14.1. The van der Waals surface area contributed by atoms with Gasteiger partial charge in [-0.25, -0.2) is 9.18 Å². The average Bonchev–Trinajstić information content (AvgIpc) is 2.34. The Bertz CT molecular complexity index is 511. The Morgan fingerprint density at radius 3 is 2.43 bits per heavy atom. The Hall–Kier alpha value is -1.62. The van der Waals surface area contributed by atoms with E-state index in [0.717, 1.165) is 5.56 Å². The van der Waals surface area contributed by atoms with E-state index in [1.54, 1.807) is 26.8 Å². The minimum absolute atomic E-state index is 0.207. The molecule has 1 amide bonds. The van der Waals surface area contributed by atoms with Gasteiger partial charge < -0.3 is 15.8 Å². The van der Waals surface area contributed by atoms with Gasteiger partial charge in [-0.1, -0.05) is 19.1 Å². The summed E-state index contributed by atoms with van der Waals surface area (Å²) in [5.41, 5.74) is 5.88. The Morgan fingerprint density at radius 1 is 1.33 bits per heavy atom. The first kappa shape index (κ1) is 17.4. The van der Waals surface area contributed by atoms with Crippen LogP contribution >= 0.6 is 0 Å². The molecule has 1 unspecified atom stereocenters. The highest BCUT2D eigenvalue weighted by molar-refractivity contribution is 5.67. The molecule has 1 rings (SSSR count). The zero-order valence-corrected chi connectivity index (χ0v) is 13.4. The standard InChI is InChI=1S/C16H25FN2O2/c1-11-6-7-12(13(17)8-11)16(5,9-18)10-19-14(20)21-15(2,3)4/h6-8H,9-10,18H2,1-5H3,(H,19,20). The van der Waals surface area contributed by atoms with Gasteiger partial charge in [-0.05, 0) is 44.9 Å². The van der Waals surface area contributed by atoms with E-state index in [9.17, 15) is 9.18 Å². The van der Waals surface area contributed by atoms with Crippen LogP contribution in [0.25, 0.3) is 0 Å². The molecular formula is C16H25FN2O2. The zero-order valence-electron chi connectivity index (χ0n) is 13.4. The molecule has 0 saturated heterocycles. The van der Waals surface area contributed by atoms with Gasteiger partial charge in [0.1, 0.15) is 11.4 Å². The Kier molecular flexibility index (Phi) is 5.34. The fourth-order valence-corrected chi connectivity index (χ4v) is 1.97. The van der Waals surface area contributed by atoms with Crippen molar-refractivity contribution in [2.75, 3.05) is 13.1 Å². The molecule has 0 fully saturated rings. The first-order valence-corrected chi connectivity index (χ1v) is 7.01. The summed E-state index contributed by atoms with van der Waals surface area (Å²) in [6.07, 6.45) is -0.533. The number of hydrogen-bond donors (Lipinski definition) is 2. The highest BCUT2D eigenvalue weighted by Crippen LogP contribution is 2.25. The summed E-state index contributed by atoms with van der Waals surface area (Å²) in [4.78, 5) is 11.7. The van der Waals surface area contributed by atoms with Gasteiger partial charge in [0.2, 0.25) is 0 Å². The largest absolute Gasteiger partial charge is 0.444 e. The Labute approximate surface area is 125 Å². The lowest BCUT2D eigenvalue weighted by Gasteiger charge is -2.30. The molecule has 3 N–H and O–H groups in total. The van der Waals surface area contributed by atoms with Crippen molar-refractivity contribution in [1.82, 2.24) is 5.32 Å². The van der Waals surface area contributed by atoms with E-state index in [2.05, 4.69) is 5.32 Å². The number of ether oxygens (including phenoxy) is 1. The molecule has 0 spiro atoms. The fraction of sp³-hybridized carbons (Fsp3) is 0.562. The summed E-state index contributed by atoms with van der Waals surface area (Å²) in [7, 11) is 0. The van der Waals surface area contributed by atoms with Gasteiger partial charge >= 0.3 is 6.09 Å². The smallest absolute Gasteiger partial charge is 0.407 e. The van der Waals surface area contributed by atoms with Crippen LogP contribution in [0.3, 0.4) is 0 Å². The maximum atomic E-state index is 14.1. The number of nitrogens with one attached hydrogen (secondary N) is 1. The van der Waals surface area contributed by atoms with Gasteiger partial charge in [0, 0.05) is 18.5 Å². The second kappa shape index (κ2) is 6.43. The molecule has 0 aromatic heterocycles. The average molecular weight is 296 g/mol. The highest BCUT2D eigenvalue weighted by atomic mass is 19.1. The number of nitrogens with two attached hydrogens (primary N) is 1. The van der Waals surface area contributed by atoms with Crippen molar-refractivity contribution in [3.05, 3.63) is 35.1 Å². The molecule has 1 aromatic carbocycles. The monoisotopic (exact) mass is 296 g/mol. The lowest BCUT2D eigenvalue weighted by Crippen LogP contribution is -2.45. The van der Waals surface area contributed by atoms with E-state index in [4.69, 9.17) is 10.5 Å². The Morgan fingerprint density at radius 2 is 1.95 bits per heavy atom. The molecule has 0 aliphatic heterocycles. The molecule has 5 heteroatoms. The summed E-state index contributed by atoms with van der Waals surface area (Å²) >= 11 is 0. The van der Waals surface area contributed by atoms with Crippen LogP contribution in [-0.2, 0) is 10.2 Å². The molecule has 21 heavy (non-hydrogen) atoms. The molecule has 0 radical (unpaired) electrons. The second-order valence-electron chi connectivity index (χ2n) is 6.60. The first-order valence-electron chi connectivity index (χ1n) is 7.01. The van der Waals surface area contributed by atoms with Crippen LogP contribution in [-0.4, -0.2) is 24.8 Å². The van der Waals surface area contributed by atoms with Crippen LogP contribution in [0.1, 0.15) is 38.8 Å². The van der Waals surface area contributed by atoms with Gasteiger partial charge in [0.05, 0.1) is 0 Å². The number of carbonyl (C=O) groups is 1. The minimum Gasteiger partial charge on any atom is -0.444 e. The molecule has 0 aliphatic rings. The third-order valence-corrected chi connectivity index (χ3v) is 3.25. The van der Waals surface area contributed by atoms with Gasteiger partial charge in [-0.2, -0.15) is 0 Å². The first-order chi connectivity index (χ1) is 9.57. The molecule has 0 aliphatic carbocycles. The van der Waals surface area contributed by atoms with Crippen molar-refractivity contribution in [2.45, 2.75) is 45.6 Å². The molecule has 1 atom stereocenters. The van der Waals surface area contributed by atoms with Gasteiger partial charge in [-0.15, -0.1) is 0 Å². The number of carbonyl (C=O) groups excluding carboxylic acids is 1. The predicted molar refractivity (Wildman–Crippen MR) is 81.8 cm³/mol. The topological polar surface area (TPSA) is 64.3 Å². The van der Waals surface area contributed by atoms with Gasteiger partial charge in [-0.3, -0.25) is 0 Å². The lowest BCUT2D eigenvalue weighted by atomic mass is 9.81. The molecule has 4 nitrogen and oxygen atoms in total. The third-order valence-electron chi connectivity index (χ3n) is 3.25. The molecule has 0 bridgehead atoms. The number of alkyl carbamates (subject to hydrolysis) is 1. The highest BCUT2D eigenvalue weighted by Gasteiger charge is 2.29. The molecule has 118 valence electrons. The lowest BCUT2D eigenvalue weighted by molar-refractivity contribution is 0.0516. The number of rotatable bonds is 4. The summed E-state index contributed by atoms with van der Waals surface area (Å²) in [6, 6.07) is 5.02. The normalized spacial score (nSPS) is 14.4. The van der Waals surface area contributed by atoms with Crippen molar-refractivity contribution < 1.29 is 13.9 Å². The molecule has 0 saturated carbocycles. The van der Waals surface area contributed by atoms with Crippen molar-refractivity contribution in [3.8, 4) is 0 Å². The SMILES string of the molecule is Cc1ccc(C(C)(CN)CNC(=O)OC(C)(C)C)c(F)c1. The van der Waals surface area contributed by atoms with E-state index in [0.29, 0.717) is 5.56 Å². The second-order valence-corrected chi connectivity index (χ2v) is 6.60. The summed E-state index contributed by atoms with van der Waals surface area (Å²) in [6.45, 7) is 9.42. The number of hydrogen-bond acceptors (Lipinski definition) is 3. The van der Waals surface area contributed by atoms with E-state index in [-0.39, 0.29) is 18.9 Å². The van der Waals surface area contributed by atoms with Crippen LogP contribution in [0.4, 0.5) is 9.18 Å². The van der Waals surface area contributed by atoms with Gasteiger partial charge in [0.15, 0.2) is 0 Å². The number of halogens is 1. The van der Waals surface area contributed by atoms with E-state index in [1.165, 1.54) is 6.07 Å². The molecule has 0 heterocycles. The summed E-state index contributed by atoms with van der Waals surface area (Å²) < 4.78 is 19.3. The van der Waals surface area contributed by atoms with Crippen LogP contribution in [0.5, 0.6) is 0 Å². The minimum atomic E-state index is -0.686. The van der Waals surface area contributed by atoms with Crippen LogP contribution in [0, 0.1) is 12.7 Å². The van der Waals surface area contributed by atoms with Crippen LogP contribution in [0.15, 0.2) is 18.2 Å². The Balaban J connectivity index is 2.83. The quantitative estimate of drug-likeness (QED) is 0.898. The van der Waals surface area contributed by atoms with Crippen molar-refractivity contribution in [2.24, 2.45) is 5.73 Å². The number of aryl methyl sites for hydroxylation is 1. The zero-order chi connectivity index (χ0) is 16.3. The summed E-state index contributed by atoms with van der Waals surface area (Å²) in [5, 5.41) is 2.66. The van der Waals surface area contributed by atoms with Crippen LogP contribution < -0.4 is 11.1 Å². The number of benzene rings is 1. The predicted octanol–water partition coefficient (Wildman–Crippen LogP) is 2.88. The van der Waals surface area contributed by atoms with Crippen molar-refractivity contribution in [3.63, 3.8) is 0 Å². The van der Waals surface area contributed by atoms with Crippen molar-refractivity contribution >= 4 is 6.09 Å². The maximum Gasteiger partial charge on any atom is 0.407 e.